The average molecular weight is 334 g/mol. The number of hydrogen-bond donors (Lipinski definition) is 2. The molecule has 6 heteroatoms. The number of pyridine rings is 1. The Kier molecular flexibility index (Phi) is 5.41. The second-order valence-electron chi connectivity index (χ2n) is 5.73. The number of hydrogen-bond acceptors (Lipinski definition) is 3. The molecular weight excluding hydrogens is 312 g/mol. The molecule has 2 heterocycles. The van der Waals surface area contributed by atoms with Crippen LogP contribution in [0.3, 0.4) is 0 Å². The van der Waals surface area contributed by atoms with Crippen LogP contribution >= 0.6 is 0 Å². The van der Waals surface area contributed by atoms with Crippen LogP contribution in [0.2, 0.25) is 0 Å². The number of rotatable bonds is 6. The highest BCUT2D eigenvalue weighted by atomic mass is 15.1. The molecule has 0 aliphatic heterocycles. The standard InChI is InChI=1S/C19H22N6/c1-15-21-11-12-25(15)18-8-7-17(13-23-18)14-24-19(20)22-10-9-16-5-3-2-4-6-16/h2-8,11-13H,9-10,14H2,1H3,(H3,20,22,24). The average Bonchev–Trinajstić information content (AvgIpc) is 3.07. The van der Waals surface area contributed by atoms with Crippen LogP contribution in [0.15, 0.2) is 66.0 Å². The maximum atomic E-state index is 5.92. The van der Waals surface area contributed by atoms with E-state index in [1.165, 1.54) is 5.56 Å². The molecule has 0 spiro atoms. The van der Waals surface area contributed by atoms with Crippen molar-refractivity contribution < 1.29 is 0 Å². The lowest BCUT2D eigenvalue weighted by Gasteiger charge is -2.07. The van der Waals surface area contributed by atoms with Crippen LogP contribution < -0.4 is 11.1 Å². The summed E-state index contributed by atoms with van der Waals surface area (Å²) in [6, 6.07) is 14.2. The van der Waals surface area contributed by atoms with E-state index in [4.69, 9.17) is 5.73 Å². The first-order valence-corrected chi connectivity index (χ1v) is 8.25. The first kappa shape index (κ1) is 16.7. The summed E-state index contributed by atoms with van der Waals surface area (Å²) in [7, 11) is 0. The molecule has 0 saturated carbocycles. The summed E-state index contributed by atoms with van der Waals surface area (Å²) in [5.41, 5.74) is 8.20. The summed E-state index contributed by atoms with van der Waals surface area (Å²) in [4.78, 5) is 13.0. The van der Waals surface area contributed by atoms with Crippen LogP contribution in [0.1, 0.15) is 17.0 Å². The molecule has 0 atom stereocenters. The topological polar surface area (TPSA) is 81.1 Å². The Morgan fingerprint density at radius 3 is 2.64 bits per heavy atom. The summed E-state index contributed by atoms with van der Waals surface area (Å²) in [5, 5.41) is 3.14. The first-order chi connectivity index (χ1) is 12.2. The third-order valence-electron chi connectivity index (χ3n) is 3.88. The van der Waals surface area contributed by atoms with Crippen molar-refractivity contribution in [1.29, 1.82) is 0 Å². The molecule has 0 aliphatic carbocycles. The van der Waals surface area contributed by atoms with Crippen LogP contribution in [-0.2, 0) is 13.0 Å². The monoisotopic (exact) mass is 334 g/mol. The highest BCUT2D eigenvalue weighted by Crippen LogP contribution is 2.08. The number of benzene rings is 1. The molecular formula is C19H22N6. The van der Waals surface area contributed by atoms with Gasteiger partial charge in [0.25, 0.3) is 0 Å². The molecule has 0 radical (unpaired) electrons. The van der Waals surface area contributed by atoms with Crippen LogP contribution in [-0.4, -0.2) is 27.0 Å². The highest BCUT2D eigenvalue weighted by molar-refractivity contribution is 5.77. The van der Waals surface area contributed by atoms with E-state index in [0.717, 1.165) is 30.2 Å². The first-order valence-electron chi connectivity index (χ1n) is 8.25. The van der Waals surface area contributed by atoms with Crippen molar-refractivity contribution in [3.63, 3.8) is 0 Å². The summed E-state index contributed by atoms with van der Waals surface area (Å²) >= 11 is 0. The van der Waals surface area contributed by atoms with Gasteiger partial charge in [0.05, 0.1) is 6.54 Å². The van der Waals surface area contributed by atoms with Crippen LogP contribution in [0.5, 0.6) is 0 Å². The lowest BCUT2D eigenvalue weighted by Crippen LogP contribution is -2.33. The quantitative estimate of drug-likeness (QED) is 0.535. The van der Waals surface area contributed by atoms with Crippen molar-refractivity contribution in [3.05, 3.63) is 78.0 Å². The Balaban J connectivity index is 1.50. The number of nitrogens with zero attached hydrogens (tertiary/aromatic N) is 4. The largest absolute Gasteiger partial charge is 0.370 e. The molecule has 3 rings (SSSR count). The molecule has 0 unspecified atom stereocenters. The van der Waals surface area contributed by atoms with Crippen molar-refractivity contribution in [3.8, 4) is 5.82 Å². The Bertz CT molecular complexity index is 821. The van der Waals surface area contributed by atoms with E-state index in [0.29, 0.717) is 12.5 Å². The van der Waals surface area contributed by atoms with Crippen molar-refractivity contribution in [2.45, 2.75) is 19.9 Å². The van der Waals surface area contributed by atoms with E-state index in [1.54, 1.807) is 6.20 Å². The molecule has 0 amide bonds. The van der Waals surface area contributed by atoms with Gasteiger partial charge in [0.2, 0.25) is 0 Å². The third-order valence-corrected chi connectivity index (χ3v) is 3.88. The fourth-order valence-corrected chi connectivity index (χ4v) is 2.48. The van der Waals surface area contributed by atoms with Crippen molar-refractivity contribution in [1.82, 2.24) is 19.9 Å². The number of aromatic nitrogens is 3. The van der Waals surface area contributed by atoms with Gasteiger partial charge < -0.3 is 11.1 Å². The molecule has 3 aromatic rings. The van der Waals surface area contributed by atoms with E-state index < -0.39 is 0 Å². The minimum Gasteiger partial charge on any atom is -0.370 e. The molecule has 3 N–H and O–H groups in total. The number of nitrogens with one attached hydrogen (secondary N) is 1. The maximum absolute atomic E-state index is 5.92. The molecule has 1 aromatic carbocycles. The van der Waals surface area contributed by atoms with Gasteiger partial charge in [-0.15, -0.1) is 0 Å². The van der Waals surface area contributed by atoms with Gasteiger partial charge in [0, 0.05) is 25.1 Å². The predicted octanol–water partition coefficient (Wildman–Crippen LogP) is 2.22. The van der Waals surface area contributed by atoms with Crippen molar-refractivity contribution in [2.75, 3.05) is 6.54 Å². The molecule has 0 bridgehead atoms. The lowest BCUT2D eigenvalue weighted by atomic mass is 10.1. The Labute approximate surface area is 147 Å². The van der Waals surface area contributed by atoms with Gasteiger partial charge in [-0.2, -0.15) is 0 Å². The Hall–Kier alpha value is -3.15. The molecule has 6 nitrogen and oxygen atoms in total. The van der Waals surface area contributed by atoms with Gasteiger partial charge in [-0.1, -0.05) is 36.4 Å². The molecule has 0 aliphatic rings. The van der Waals surface area contributed by atoms with Crippen LogP contribution in [0.25, 0.3) is 5.82 Å². The second kappa shape index (κ2) is 8.10. The Morgan fingerprint density at radius 1 is 1.12 bits per heavy atom. The van der Waals surface area contributed by atoms with Crippen molar-refractivity contribution in [2.24, 2.45) is 10.7 Å². The number of nitrogens with two attached hydrogens (primary N) is 1. The normalized spacial score (nSPS) is 11.5. The number of aryl methyl sites for hydroxylation is 1. The van der Waals surface area contributed by atoms with Gasteiger partial charge in [-0.25, -0.2) is 15.0 Å². The summed E-state index contributed by atoms with van der Waals surface area (Å²) in [6.07, 6.45) is 6.38. The summed E-state index contributed by atoms with van der Waals surface area (Å²) in [5.74, 6) is 2.20. The van der Waals surface area contributed by atoms with Gasteiger partial charge in [0.1, 0.15) is 11.6 Å². The third kappa shape index (κ3) is 4.67. The van der Waals surface area contributed by atoms with Gasteiger partial charge in [0.15, 0.2) is 5.96 Å². The van der Waals surface area contributed by atoms with E-state index in [1.807, 2.05) is 54.2 Å². The Morgan fingerprint density at radius 2 is 1.96 bits per heavy atom. The lowest BCUT2D eigenvalue weighted by molar-refractivity contribution is 0.847. The molecule has 0 saturated heterocycles. The zero-order valence-corrected chi connectivity index (χ0v) is 14.3. The van der Waals surface area contributed by atoms with Crippen molar-refractivity contribution >= 4 is 5.96 Å². The maximum Gasteiger partial charge on any atom is 0.188 e. The van der Waals surface area contributed by atoms with E-state index in [9.17, 15) is 0 Å². The van der Waals surface area contributed by atoms with Crippen LogP contribution in [0, 0.1) is 6.92 Å². The zero-order chi connectivity index (χ0) is 17.5. The summed E-state index contributed by atoms with van der Waals surface area (Å²) < 4.78 is 1.94. The minimum absolute atomic E-state index is 0.450. The van der Waals surface area contributed by atoms with Gasteiger partial charge in [-0.3, -0.25) is 4.57 Å². The molecule has 0 fully saturated rings. The predicted molar refractivity (Wildman–Crippen MR) is 99.6 cm³/mol. The molecule has 25 heavy (non-hydrogen) atoms. The fraction of sp³-hybridized carbons (Fsp3) is 0.211. The van der Waals surface area contributed by atoms with Gasteiger partial charge >= 0.3 is 0 Å². The molecule has 128 valence electrons. The van der Waals surface area contributed by atoms with Gasteiger partial charge in [-0.05, 0) is 30.5 Å². The zero-order valence-electron chi connectivity index (χ0n) is 14.3. The summed E-state index contributed by atoms with van der Waals surface area (Å²) in [6.45, 7) is 3.21. The fourth-order valence-electron chi connectivity index (χ4n) is 2.48. The molecule has 2 aromatic heterocycles. The second-order valence-corrected chi connectivity index (χ2v) is 5.73. The van der Waals surface area contributed by atoms with E-state index in [2.05, 4.69) is 32.4 Å². The minimum atomic E-state index is 0.450. The highest BCUT2D eigenvalue weighted by Gasteiger charge is 2.02. The smallest absolute Gasteiger partial charge is 0.188 e. The van der Waals surface area contributed by atoms with Crippen LogP contribution in [0.4, 0.5) is 0 Å². The van der Waals surface area contributed by atoms with E-state index in [-0.39, 0.29) is 0 Å². The number of guanidine groups is 1. The number of imidazole rings is 1. The number of aliphatic imine (C=N–C) groups is 1. The van der Waals surface area contributed by atoms with E-state index >= 15 is 0 Å². The SMILES string of the molecule is Cc1nccn1-c1ccc(CN=C(N)NCCc2ccccc2)cn1.